The average molecular weight is 575 g/mol. The first kappa shape index (κ1) is 29.6. The zero-order chi connectivity index (χ0) is 28.2. The predicted octanol–water partition coefficient (Wildman–Crippen LogP) is 6.41. The van der Waals surface area contributed by atoms with Crippen molar-refractivity contribution < 1.29 is 14.3 Å². The number of rotatable bonds is 9. The number of carboxylic acids is 1. The SMILES string of the molecule is C.CNCCCN(C)c1cccc(F)c1C1=NCc2cnc(Nc3ccc(C(=O)O)cc3)nc2-c2ccc(Cl)cc21. The normalized spacial score (nSPS) is 11.9. The van der Waals surface area contributed by atoms with Crippen molar-refractivity contribution in [1.82, 2.24) is 15.3 Å². The summed E-state index contributed by atoms with van der Waals surface area (Å²) in [5, 5.41) is 15.9. The van der Waals surface area contributed by atoms with Crippen molar-refractivity contribution in [3.63, 3.8) is 0 Å². The number of aromatic nitrogens is 2. The molecule has 4 aromatic rings. The van der Waals surface area contributed by atoms with Crippen molar-refractivity contribution in [2.45, 2.75) is 20.4 Å². The molecule has 0 aliphatic carbocycles. The van der Waals surface area contributed by atoms with E-state index in [1.54, 1.807) is 36.5 Å². The minimum absolute atomic E-state index is 0. The van der Waals surface area contributed by atoms with Crippen LogP contribution in [0.2, 0.25) is 5.02 Å². The smallest absolute Gasteiger partial charge is 0.335 e. The van der Waals surface area contributed by atoms with Gasteiger partial charge in [0.15, 0.2) is 0 Å². The van der Waals surface area contributed by atoms with E-state index >= 15 is 4.39 Å². The van der Waals surface area contributed by atoms with Gasteiger partial charge in [0, 0.05) is 52.9 Å². The van der Waals surface area contributed by atoms with Crippen molar-refractivity contribution in [3.8, 4) is 11.3 Å². The molecule has 3 N–H and O–H groups in total. The second-order valence-electron chi connectivity index (χ2n) is 9.44. The number of anilines is 3. The standard InChI is InChI=1S/C30H28ClFN6O2.CH4/c1-33-13-4-14-38(2)25-6-3-5-24(32)26(25)28-23-15-20(31)9-12-22(23)27-19(16-34-28)17-35-30(37-27)36-21-10-7-18(8-11-21)29(39)40;/h3,5-12,15,17,33H,4,13-14,16H2,1-2H3,(H,39,40)(H,35,36,37);1H4. The van der Waals surface area contributed by atoms with Crippen LogP contribution in [0.15, 0.2) is 71.9 Å². The summed E-state index contributed by atoms with van der Waals surface area (Å²) in [6.07, 6.45) is 2.60. The minimum atomic E-state index is -0.999. The minimum Gasteiger partial charge on any atom is -0.478 e. The third-order valence-corrected chi connectivity index (χ3v) is 6.95. The Morgan fingerprint density at radius 1 is 1.12 bits per heavy atom. The van der Waals surface area contributed by atoms with Gasteiger partial charge in [-0.15, -0.1) is 0 Å². The Morgan fingerprint density at radius 3 is 2.63 bits per heavy atom. The predicted molar refractivity (Wildman–Crippen MR) is 163 cm³/mol. The van der Waals surface area contributed by atoms with Crippen LogP contribution in [-0.4, -0.2) is 53.9 Å². The highest BCUT2D eigenvalue weighted by Gasteiger charge is 2.26. The van der Waals surface area contributed by atoms with E-state index in [1.807, 2.05) is 31.1 Å². The molecule has 2 heterocycles. The fourth-order valence-corrected chi connectivity index (χ4v) is 4.87. The summed E-state index contributed by atoms with van der Waals surface area (Å²) in [7, 11) is 3.86. The monoisotopic (exact) mass is 574 g/mol. The van der Waals surface area contributed by atoms with Crippen LogP contribution in [-0.2, 0) is 6.54 Å². The molecule has 5 rings (SSSR count). The summed E-state index contributed by atoms with van der Waals surface area (Å²) in [6, 6.07) is 16.8. The van der Waals surface area contributed by atoms with Gasteiger partial charge in [0.2, 0.25) is 5.95 Å². The largest absolute Gasteiger partial charge is 0.478 e. The van der Waals surface area contributed by atoms with Crippen molar-refractivity contribution in [2.24, 2.45) is 4.99 Å². The number of halogens is 2. The molecule has 1 aliphatic heterocycles. The zero-order valence-electron chi connectivity index (χ0n) is 22.1. The lowest BCUT2D eigenvalue weighted by Gasteiger charge is -2.24. The van der Waals surface area contributed by atoms with Gasteiger partial charge in [-0.1, -0.05) is 31.2 Å². The van der Waals surface area contributed by atoms with Crippen LogP contribution in [0.3, 0.4) is 0 Å². The molecule has 0 radical (unpaired) electrons. The quantitative estimate of drug-likeness (QED) is 0.198. The summed E-state index contributed by atoms with van der Waals surface area (Å²) in [5.74, 6) is -1.03. The Balaban J connectivity index is 0.00000387. The number of carbonyl (C=O) groups is 1. The molecule has 0 atom stereocenters. The van der Waals surface area contributed by atoms with Gasteiger partial charge in [-0.3, -0.25) is 4.99 Å². The number of nitrogens with one attached hydrogen (secondary N) is 2. The third kappa shape index (κ3) is 6.37. The Kier molecular flexibility index (Phi) is 9.31. The molecule has 8 nitrogen and oxygen atoms in total. The molecule has 212 valence electrons. The highest BCUT2D eigenvalue weighted by Crippen LogP contribution is 2.36. The van der Waals surface area contributed by atoms with E-state index in [-0.39, 0.29) is 25.4 Å². The number of aromatic carboxylic acids is 1. The maximum Gasteiger partial charge on any atom is 0.335 e. The maximum absolute atomic E-state index is 15.6. The van der Waals surface area contributed by atoms with E-state index in [4.69, 9.17) is 26.7 Å². The summed E-state index contributed by atoms with van der Waals surface area (Å²) < 4.78 is 15.6. The first-order valence-corrected chi connectivity index (χ1v) is 13.2. The second-order valence-corrected chi connectivity index (χ2v) is 9.88. The molecule has 0 bridgehead atoms. The molecule has 1 aromatic heterocycles. The van der Waals surface area contributed by atoms with Crippen LogP contribution in [0.1, 0.15) is 40.9 Å². The van der Waals surface area contributed by atoms with E-state index in [0.717, 1.165) is 36.3 Å². The molecule has 0 saturated heterocycles. The van der Waals surface area contributed by atoms with E-state index < -0.39 is 5.97 Å². The number of carboxylic acid groups (broad SMARTS) is 1. The van der Waals surface area contributed by atoms with Crippen molar-refractivity contribution in [2.75, 3.05) is 37.4 Å². The maximum atomic E-state index is 15.6. The number of hydrogen-bond acceptors (Lipinski definition) is 7. The molecular formula is C31H32ClFN6O2. The lowest BCUT2D eigenvalue weighted by Crippen LogP contribution is -2.25. The highest BCUT2D eigenvalue weighted by atomic mass is 35.5. The first-order chi connectivity index (χ1) is 19.4. The van der Waals surface area contributed by atoms with E-state index in [2.05, 4.69) is 15.6 Å². The van der Waals surface area contributed by atoms with Crippen molar-refractivity contribution in [1.29, 1.82) is 0 Å². The van der Waals surface area contributed by atoms with Crippen molar-refractivity contribution >= 4 is 40.6 Å². The highest BCUT2D eigenvalue weighted by molar-refractivity contribution is 6.32. The van der Waals surface area contributed by atoms with E-state index in [9.17, 15) is 4.79 Å². The Bertz CT molecular complexity index is 1590. The lowest BCUT2D eigenvalue weighted by atomic mass is 9.94. The van der Waals surface area contributed by atoms with Gasteiger partial charge >= 0.3 is 5.97 Å². The first-order valence-electron chi connectivity index (χ1n) is 12.8. The number of benzene rings is 3. The van der Waals surface area contributed by atoms with Gasteiger partial charge in [0.05, 0.1) is 29.1 Å². The van der Waals surface area contributed by atoms with Crippen LogP contribution in [0.5, 0.6) is 0 Å². The Labute approximate surface area is 244 Å². The lowest BCUT2D eigenvalue weighted by molar-refractivity contribution is 0.0697. The molecule has 3 aromatic carbocycles. The Hall–Kier alpha value is -4.34. The molecule has 41 heavy (non-hydrogen) atoms. The molecule has 0 saturated carbocycles. The van der Waals surface area contributed by atoms with Crippen LogP contribution < -0.4 is 15.5 Å². The molecule has 0 amide bonds. The molecule has 1 aliphatic rings. The van der Waals surface area contributed by atoms with Gasteiger partial charge in [-0.25, -0.2) is 19.2 Å². The molecule has 0 fully saturated rings. The fourth-order valence-electron chi connectivity index (χ4n) is 4.70. The number of nitrogens with zero attached hydrogens (tertiary/aromatic N) is 4. The van der Waals surface area contributed by atoms with Gasteiger partial charge in [-0.2, -0.15) is 0 Å². The van der Waals surface area contributed by atoms with Gasteiger partial charge in [0.1, 0.15) is 5.82 Å². The number of fused-ring (bicyclic) bond motifs is 3. The fraction of sp³-hybridized carbons (Fsp3) is 0.226. The van der Waals surface area contributed by atoms with Crippen LogP contribution in [0.4, 0.5) is 21.7 Å². The molecular weight excluding hydrogens is 543 g/mol. The van der Waals surface area contributed by atoms with Crippen molar-refractivity contribution in [3.05, 3.63) is 100.0 Å². The summed E-state index contributed by atoms with van der Waals surface area (Å²) in [4.78, 5) is 27.3. The molecule has 0 spiro atoms. The zero-order valence-corrected chi connectivity index (χ0v) is 22.8. The van der Waals surface area contributed by atoms with E-state index in [1.165, 1.54) is 18.2 Å². The van der Waals surface area contributed by atoms with Crippen LogP contribution in [0.25, 0.3) is 11.3 Å². The molecule has 10 heteroatoms. The second kappa shape index (κ2) is 12.9. The summed E-state index contributed by atoms with van der Waals surface area (Å²) in [5.41, 5.74) is 5.36. The van der Waals surface area contributed by atoms with Crippen LogP contribution >= 0.6 is 11.6 Å². The average Bonchev–Trinajstić information content (AvgIpc) is 3.09. The molecule has 0 unspecified atom stereocenters. The van der Waals surface area contributed by atoms with Gasteiger partial charge in [-0.05, 0) is 68.5 Å². The van der Waals surface area contributed by atoms with E-state index in [0.29, 0.717) is 39.2 Å². The van der Waals surface area contributed by atoms with Gasteiger partial charge < -0.3 is 20.6 Å². The topological polar surface area (TPSA) is 103 Å². The summed E-state index contributed by atoms with van der Waals surface area (Å²) >= 11 is 6.46. The number of hydrogen-bond donors (Lipinski definition) is 3. The third-order valence-electron chi connectivity index (χ3n) is 6.71. The number of aliphatic imine (C=N–C) groups is 1. The summed E-state index contributed by atoms with van der Waals surface area (Å²) in [6.45, 7) is 1.84. The van der Waals surface area contributed by atoms with Gasteiger partial charge in [0.25, 0.3) is 0 Å². The Morgan fingerprint density at radius 2 is 1.90 bits per heavy atom. The van der Waals surface area contributed by atoms with Crippen LogP contribution in [0, 0.1) is 5.82 Å².